The fourth-order valence-corrected chi connectivity index (χ4v) is 1.62. The van der Waals surface area contributed by atoms with Crippen LogP contribution in [0.2, 0.25) is 0 Å². The average Bonchev–Trinajstić information content (AvgIpc) is 2.27. The van der Waals surface area contributed by atoms with Gasteiger partial charge in [0, 0.05) is 0 Å². The Morgan fingerprint density at radius 1 is 1.18 bits per heavy atom. The highest BCUT2D eigenvalue weighted by atomic mass is 19.4. The Kier molecular flexibility index (Phi) is 3.74. The number of rotatable bonds is 3. The molecule has 1 aromatic rings. The van der Waals surface area contributed by atoms with Crippen LogP contribution in [0.25, 0.3) is 0 Å². The van der Waals surface area contributed by atoms with Crippen LogP contribution in [-0.4, -0.2) is 7.11 Å². The molecular formula is C13H17F3O. The molecule has 1 aromatic carbocycles. The zero-order valence-corrected chi connectivity index (χ0v) is 10.5. The minimum atomic E-state index is -4.33. The summed E-state index contributed by atoms with van der Waals surface area (Å²) in [5.41, 5.74) is -0.0735. The van der Waals surface area contributed by atoms with E-state index < -0.39 is 11.7 Å². The summed E-state index contributed by atoms with van der Waals surface area (Å²) in [5.74, 6) is 0.298. The van der Waals surface area contributed by atoms with E-state index >= 15 is 0 Å². The second-order valence-electron chi connectivity index (χ2n) is 4.65. The maximum Gasteiger partial charge on any atom is 0.416 e. The average molecular weight is 246 g/mol. The molecule has 0 aliphatic rings. The zero-order valence-electron chi connectivity index (χ0n) is 10.5. The first-order valence-electron chi connectivity index (χ1n) is 5.48. The van der Waals surface area contributed by atoms with Crippen LogP contribution in [-0.2, 0) is 11.6 Å². The van der Waals surface area contributed by atoms with Crippen LogP contribution in [0, 0.1) is 0 Å². The first kappa shape index (κ1) is 13.9. The van der Waals surface area contributed by atoms with E-state index in [1.54, 1.807) is 0 Å². The Bertz CT molecular complexity index is 394. The highest BCUT2D eigenvalue weighted by Crippen LogP contribution is 2.38. The van der Waals surface area contributed by atoms with E-state index in [0.29, 0.717) is 5.75 Å². The van der Waals surface area contributed by atoms with Crippen molar-refractivity contribution in [3.8, 4) is 5.75 Å². The summed E-state index contributed by atoms with van der Waals surface area (Å²) in [7, 11) is 1.39. The molecule has 1 rings (SSSR count). The quantitative estimate of drug-likeness (QED) is 0.768. The third-order valence-electron chi connectivity index (χ3n) is 3.14. The topological polar surface area (TPSA) is 9.23 Å². The molecule has 0 aromatic heterocycles. The molecule has 0 fully saturated rings. The van der Waals surface area contributed by atoms with Crippen LogP contribution in [0.15, 0.2) is 18.2 Å². The summed E-state index contributed by atoms with van der Waals surface area (Å²) in [6.45, 7) is 5.97. The van der Waals surface area contributed by atoms with Gasteiger partial charge in [-0.05, 0) is 29.5 Å². The Hall–Kier alpha value is -1.19. The number of benzene rings is 1. The van der Waals surface area contributed by atoms with Crippen molar-refractivity contribution < 1.29 is 17.9 Å². The summed E-state index contributed by atoms with van der Waals surface area (Å²) in [4.78, 5) is 0. The van der Waals surface area contributed by atoms with Crippen LogP contribution in [0.1, 0.15) is 38.3 Å². The Balaban J connectivity index is 3.29. The molecule has 0 radical (unpaired) electrons. The summed E-state index contributed by atoms with van der Waals surface area (Å²) in [6.07, 6.45) is -3.50. The van der Waals surface area contributed by atoms with Crippen LogP contribution in [0.3, 0.4) is 0 Å². The van der Waals surface area contributed by atoms with Crippen molar-refractivity contribution in [1.29, 1.82) is 0 Å². The van der Waals surface area contributed by atoms with Gasteiger partial charge in [0.1, 0.15) is 5.75 Å². The van der Waals surface area contributed by atoms with Gasteiger partial charge in [0.25, 0.3) is 0 Å². The summed E-state index contributed by atoms with van der Waals surface area (Å²) >= 11 is 0. The van der Waals surface area contributed by atoms with Crippen LogP contribution >= 0.6 is 0 Å². The first-order chi connectivity index (χ1) is 7.72. The zero-order chi connectivity index (χ0) is 13.3. The second-order valence-corrected chi connectivity index (χ2v) is 4.65. The molecule has 17 heavy (non-hydrogen) atoms. The Morgan fingerprint density at radius 3 is 2.18 bits per heavy atom. The normalized spacial score (nSPS) is 12.6. The predicted molar refractivity (Wildman–Crippen MR) is 61.3 cm³/mol. The number of hydrogen-bond acceptors (Lipinski definition) is 1. The maximum absolute atomic E-state index is 12.6. The SMILES string of the molecule is CCC(C)(C)c1ccc(C(F)(F)F)cc1OC. The van der Waals surface area contributed by atoms with Gasteiger partial charge < -0.3 is 4.74 Å². The first-order valence-corrected chi connectivity index (χ1v) is 5.48. The molecule has 4 heteroatoms. The lowest BCUT2D eigenvalue weighted by Crippen LogP contribution is -2.17. The molecule has 0 saturated heterocycles. The van der Waals surface area contributed by atoms with Crippen molar-refractivity contribution in [2.45, 2.75) is 38.8 Å². The number of hydrogen-bond donors (Lipinski definition) is 0. The molecule has 0 heterocycles. The van der Waals surface area contributed by atoms with Crippen LogP contribution < -0.4 is 4.74 Å². The van der Waals surface area contributed by atoms with Gasteiger partial charge in [-0.25, -0.2) is 0 Å². The molecular weight excluding hydrogens is 229 g/mol. The lowest BCUT2D eigenvalue weighted by atomic mass is 9.81. The van der Waals surface area contributed by atoms with Crippen molar-refractivity contribution in [3.05, 3.63) is 29.3 Å². The predicted octanol–water partition coefficient (Wildman–Crippen LogP) is 4.40. The molecule has 0 bridgehead atoms. The molecule has 0 saturated carbocycles. The van der Waals surface area contributed by atoms with Crippen molar-refractivity contribution in [2.75, 3.05) is 7.11 Å². The molecule has 0 aliphatic carbocycles. The van der Waals surface area contributed by atoms with Gasteiger partial charge in [-0.2, -0.15) is 13.2 Å². The number of halogens is 3. The summed E-state index contributed by atoms with van der Waals surface area (Å²) in [6, 6.07) is 3.67. The van der Waals surface area contributed by atoms with E-state index in [0.717, 1.165) is 24.1 Å². The molecule has 1 nitrogen and oxygen atoms in total. The minimum absolute atomic E-state index is 0.199. The fourth-order valence-electron chi connectivity index (χ4n) is 1.62. The van der Waals surface area contributed by atoms with Crippen LogP contribution in [0.4, 0.5) is 13.2 Å². The van der Waals surface area contributed by atoms with E-state index in [2.05, 4.69) is 0 Å². The summed E-state index contributed by atoms with van der Waals surface area (Å²) in [5, 5.41) is 0. The molecule has 0 atom stereocenters. The van der Waals surface area contributed by atoms with Gasteiger partial charge >= 0.3 is 6.18 Å². The smallest absolute Gasteiger partial charge is 0.416 e. The van der Waals surface area contributed by atoms with E-state index in [4.69, 9.17) is 4.74 Å². The van der Waals surface area contributed by atoms with Crippen LogP contribution in [0.5, 0.6) is 5.75 Å². The lowest BCUT2D eigenvalue weighted by Gasteiger charge is -2.26. The highest BCUT2D eigenvalue weighted by Gasteiger charge is 2.32. The molecule has 0 N–H and O–H groups in total. The van der Waals surface area contributed by atoms with Gasteiger partial charge in [0.2, 0.25) is 0 Å². The van der Waals surface area contributed by atoms with Gasteiger partial charge in [-0.3, -0.25) is 0 Å². The number of alkyl halides is 3. The van der Waals surface area contributed by atoms with Gasteiger partial charge in [-0.15, -0.1) is 0 Å². The highest BCUT2D eigenvalue weighted by molar-refractivity contribution is 5.42. The van der Waals surface area contributed by atoms with Gasteiger partial charge in [-0.1, -0.05) is 26.8 Å². The second kappa shape index (κ2) is 4.59. The third-order valence-corrected chi connectivity index (χ3v) is 3.14. The van der Waals surface area contributed by atoms with E-state index in [9.17, 15) is 13.2 Å². The van der Waals surface area contributed by atoms with Crippen molar-refractivity contribution in [2.24, 2.45) is 0 Å². The molecule has 0 unspecified atom stereocenters. The molecule has 0 aliphatic heterocycles. The van der Waals surface area contributed by atoms with Crippen molar-refractivity contribution >= 4 is 0 Å². The number of methoxy groups -OCH3 is 1. The van der Waals surface area contributed by atoms with E-state index in [1.165, 1.54) is 13.2 Å². The molecule has 0 amide bonds. The fraction of sp³-hybridized carbons (Fsp3) is 0.538. The van der Waals surface area contributed by atoms with Gasteiger partial charge in [0.15, 0.2) is 0 Å². The largest absolute Gasteiger partial charge is 0.496 e. The molecule has 0 spiro atoms. The van der Waals surface area contributed by atoms with Crippen molar-refractivity contribution in [1.82, 2.24) is 0 Å². The maximum atomic E-state index is 12.6. The Labute approximate surface area is 99.6 Å². The van der Waals surface area contributed by atoms with E-state index in [1.807, 2.05) is 20.8 Å². The van der Waals surface area contributed by atoms with Crippen molar-refractivity contribution in [3.63, 3.8) is 0 Å². The number of ether oxygens (including phenoxy) is 1. The minimum Gasteiger partial charge on any atom is -0.496 e. The Morgan fingerprint density at radius 2 is 1.76 bits per heavy atom. The lowest BCUT2D eigenvalue weighted by molar-refractivity contribution is -0.137. The van der Waals surface area contributed by atoms with E-state index in [-0.39, 0.29) is 5.41 Å². The molecule has 96 valence electrons. The summed E-state index contributed by atoms with van der Waals surface area (Å²) < 4.78 is 42.7. The standard InChI is InChI=1S/C13H17F3O/c1-5-12(2,3)10-7-6-9(13(14,15)16)8-11(10)17-4/h6-8H,5H2,1-4H3. The monoisotopic (exact) mass is 246 g/mol. The van der Waals surface area contributed by atoms with Gasteiger partial charge in [0.05, 0.1) is 12.7 Å². The third kappa shape index (κ3) is 2.93.